The van der Waals surface area contributed by atoms with Gasteiger partial charge in [0.05, 0.1) is 0 Å². The van der Waals surface area contributed by atoms with Crippen LogP contribution >= 0.6 is 11.6 Å². The zero-order valence-electron chi connectivity index (χ0n) is 9.90. The Hall–Kier alpha value is -1.55. The Morgan fingerprint density at radius 2 is 2.00 bits per heavy atom. The molecule has 1 amide bonds. The quantitative estimate of drug-likeness (QED) is 0.900. The van der Waals surface area contributed by atoms with E-state index < -0.39 is 11.5 Å². The van der Waals surface area contributed by atoms with E-state index in [9.17, 15) is 14.7 Å². The molecule has 4 nitrogen and oxygen atoms in total. The van der Waals surface area contributed by atoms with Crippen LogP contribution in [-0.2, 0) is 15.1 Å². The van der Waals surface area contributed by atoms with Crippen molar-refractivity contribution in [3.63, 3.8) is 0 Å². The maximum atomic E-state index is 11.4. The molecule has 1 rings (SSSR count). The summed E-state index contributed by atoms with van der Waals surface area (Å²) in [6.07, 6.45) is 0. The highest BCUT2D eigenvalue weighted by Crippen LogP contribution is 2.29. The number of halogens is 1. The third kappa shape index (κ3) is 2.42. The molecule has 0 spiro atoms. The van der Waals surface area contributed by atoms with E-state index in [2.05, 4.69) is 0 Å². The Morgan fingerprint density at radius 1 is 1.41 bits per heavy atom. The van der Waals surface area contributed by atoms with Crippen molar-refractivity contribution in [2.45, 2.75) is 19.4 Å². The molecular weight excluding hydrogens is 242 g/mol. The highest BCUT2D eigenvalue weighted by molar-refractivity contribution is 6.30. The van der Waals surface area contributed by atoms with E-state index >= 15 is 0 Å². The van der Waals surface area contributed by atoms with Gasteiger partial charge in [-0.3, -0.25) is 4.79 Å². The maximum absolute atomic E-state index is 11.4. The number of carboxylic acid groups (broad SMARTS) is 1. The molecule has 0 bridgehead atoms. The third-order valence-electron chi connectivity index (χ3n) is 2.95. The van der Waals surface area contributed by atoms with E-state index in [-0.39, 0.29) is 5.91 Å². The van der Waals surface area contributed by atoms with Gasteiger partial charge in [0, 0.05) is 19.0 Å². The predicted molar refractivity (Wildman–Crippen MR) is 64.9 cm³/mol. The number of hydrogen-bond donors (Lipinski definition) is 1. The van der Waals surface area contributed by atoms with Crippen LogP contribution in [0, 0.1) is 0 Å². The van der Waals surface area contributed by atoms with Gasteiger partial charge in [-0.25, -0.2) is 4.79 Å². The van der Waals surface area contributed by atoms with Gasteiger partial charge in [-0.1, -0.05) is 23.7 Å². The van der Waals surface area contributed by atoms with Crippen molar-refractivity contribution in [2.24, 2.45) is 0 Å². The van der Waals surface area contributed by atoms with Crippen LogP contribution in [0.3, 0.4) is 0 Å². The Labute approximate surface area is 105 Å². The topological polar surface area (TPSA) is 57.6 Å². The van der Waals surface area contributed by atoms with Crippen LogP contribution in [0.2, 0.25) is 5.02 Å². The maximum Gasteiger partial charge on any atom is 0.334 e. The monoisotopic (exact) mass is 255 g/mol. The van der Waals surface area contributed by atoms with Crippen LogP contribution in [-0.4, -0.2) is 28.9 Å². The van der Waals surface area contributed by atoms with Crippen LogP contribution in [0.1, 0.15) is 19.4 Å². The first kappa shape index (κ1) is 13.5. The van der Waals surface area contributed by atoms with Gasteiger partial charge in [-0.2, -0.15) is 0 Å². The lowest BCUT2D eigenvalue weighted by molar-refractivity contribution is -0.156. The smallest absolute Gasteiger partial charge is 0.334 e. The molecule has 0 aliphatic rings. The summed E-state index contributed by atoms with van der Waals surface area (Å²) in [5, 5.41) is 9.80. The van der Waals surface area contributed by atoms with Crippen LogP contribution < -0.4 is 0 Å². The lowest BCUT2D eigenvalue weighted by Gasteiger charge is -2.34. The summed E-state index contributed by atoms with van der Waals surface area (Å²) >= 11 is 5.84. The number of aliphatic carboxylic acids is 1. The average molecular weight is 256 g/mol. The van der Waals surface area contributed by atoms with E-state index in [1.807, 2.05) is 0 Å². The standard InChI is InChI=1S/C12H14ClNO3/c1-8(15)14(3)12(2,11(16)17)9-5-4-6-10(13)7-9/h4-7H,1-3H3,(H,16,17). The first-order valence-electron chi connectivity index (χ1n) is 5.04. The molecule has 5 heteroatoms. The molecule has 1 aromatic rings. The fourth-order valence-corrected chi connectivity index (χ4v) is 1.76. The summed E-state index contributed by atoms with van der Waals surface area (Å²) in [7, 11) is 1.46. The number of benzene rings is 1. The first-order chi connectivity index (χ1) is 7.80. The van der Waals surface area contributed by atoms with Crippen molar-refractivity contribution in [3.05, 3.63) is 34.9 Å². The summed E-state index contributed by atoms with van der Waals surface area (Å²) in [6, 6.07) is 6.50. The molecule has 0 aliphatic carbocycles. The van der Waals surface area contributed by atoms with Gasteiger partial charge < -0.3 is 10.0 Å². The van der Waals surface area contributed by atoms with Gasteiger partial charge in [0.15, 0.2) is 5.54 Å². The SMILES string of the molecule is CC(=O)N(C)C(C)(C(=O)O)c1cccc(Cl)c1. The van der Waals surface area contributed by atoms with Gasteiger partial charge in [0.25, 0.3) is 0 Å². The van der Waals surface area contributed by atoms with E-state index in [4.69, 9.17) is 11.6 Å². The van der Waals surface area contributed by atoms with Crippen molar-refractivity contribution in [2.75, 3.05) is 7.05 Å². The fraction of sp³-hybridized carbons (Fsp3) is 0.333. The lowest BCUT2D eigenvalue weighted by Crippen LogP contribution is -2.49. The number of amides is 1. The molecule has 0 aromatic heterocycles. The molecule has 92 valence electrons. The second-order valence-corrected chi connectivity index (χ2v) is 4.40. The van der Waals surface area contributed by atoms with Crippen molar-refractivity contribution >= 4 is 23.5 Å². The molecule has 0 saturated carbocycles. The van der Waals surface area contributed by atoms with Gasteiger partial charge in [0.2, 0.25) is 5.91 Å². The van der Waals surface area contributed by atoms with Crippen LogP contribution in [0.15, 0.2) is 24.3 Å². The normalized spacial score (nSPS) is 13.9. The summed E-state index contributed by atoms with van der Waals surface area (Å²) < 4.78 is 0. The Bertz CT molecular complexity index is 461. The summed E-state index contributed by atoms with van der Waals surface area (Å²) in [4.78, 5) is 24.0. The minimum absolute atomic E-state index is 0.324. The number of carbonyl (C=O) groups is 2. The summed E-state index contributed by atoms with van der Waals surface area (Å²) in [5.74, 6) is -1.42. The van der Waals surface area contributed by atoms with E-state index in [1.165, 1.54) is 25.8 Å². The zero-order valence-corrected chi connectivity index (χ0v) is 10.7. The van der Waals surface area contributed by atoms with Gasteiger partial charge in [-0.15, -0.1) is 0 Å². The van der Waals surface area contributed by atoms with Crippen LogP contribution in [0.25, 0.3) is 0 Å². The number of likely N-dealkylation sites (N-methyl/N-ethyl adjacent to an activating group) is 1. The number of nitrogens with zero attached hydrogens (tertiary/aromatic N) is 1. The molecule has 0 aliphatic heterocycles. The first-order valence-corrected chi connectivity index (χ1v) is 5.41. The highest BCUT2D eigenvalue weighted by atomic mass is 35.5. The van der Waals surface area contributed by atoms with Crippen LogP contribution in [0.4, 0.5) is 0 Å². The number of rotatable bonds is 3. The van der Waals surface area contributed by atoms with Crippen molar-refractivity contribution in [1.29, 1.82) is 0 Å². The largest absolute Gasteiger partial charge is 0.479 e. The lowest BCUT2D eigenvalue weighted by atomic mass is 9.90. The fourth-order valence-electron chi connectivity index (χ4n) is 1.57. The van der Waals surface area contributed by atoms with Gasteiger partial charge in [0.1, 0.15) is 0 Å². The Morgan fingerprint density at radius 3 is 2.41 bits per heavy atom. The molecule has 1 N–H and O–H groups in total. The van der Waals surface area contributed by atoms with Gasteiger partial charge >= 0.3 is 5.97 Å². The summed E-state index contributed by atoms with van der Waals surface area (Å²) in [6.45, 7) is 2.80. The molecule has 1 aromatic carbocycles. The second-order valence-electron chi connectivity index (χ2n) is 3.97. The molecule has 17 heavy (non-hydrogen) atoms. The van der Waals surface area contributed by atoms with Gasteiger partial charge in [-0.05, 0) is 24.6 Å². The Balaban J connectivity index is 3.35. The van der Waals surface area contributed by atoms with Crippen LogP contribution in [0.5, 0.6) is 0 Å². The number of carboxylic acids is 1. The zero-order chi connectivity index (χ0) is 13.2. The second kappa shape index (κ2) is 4.75. The average Bonchev–Trinajstić information content (AvgIpc) is 2.26. The van der Waals surface area contributed by atoms with Crippen molar-refractivity contribution in [3.8, 4) is 0 Å². The minimum atomic E-state index is -1.42. The molecule has 1 unspecified atom stereocenters. The Kier molecular flexibility index (Phi) is 3.78. The number of carbonyl (C=O) groups excluding carboxylic acids is 1. The molecular formula is C12H14ClNO3. The number of hydrogen-bond acceptors (Lipinski definition) is 2. The molecule has 0 radical (unpaired) electrons. The van der Waals surface area contributed by atoms with Crippen molar-refractivity contribution in [1.82, 2.24) is 4.90 Å². The molecule has 0 fully saturated rings. The summed E-state index contributed by atoms with van der Waals surface area (Å²) in [5.41, 5.74) is -0.952. The van der Waals surface area contributed by atoms with Crippen molar-refractivity contribution < 1.29 is 14.7 Å². The predicted octanol–water partition coefficient (Wildman–Crippen LogP) is 2.12. The molecule has 0 heterocycles. The minimum Gasteiger partial charge on any atom is -0.479 e. The third-order valence-corrected chi connectivity index (χ3v) is 3.18. The van der Waals surface area contributed by atoms with E-state index in [1.54, 1.807) is 24.3 Å². The van der Waals surface area contributed by atoms with E-state index in [0.29, 0.717) is 10.6 Å². The molecule has 1 atom stereocenters. The molecule has 0 saturated heterocycles. The van der Waals surface area contributed by atoms with E-state index in [0.717, 1.165) is 0 Å². The highest BCUT2D eigenvalue weighted by Gasteiger charge is 2.41.